The molecule has 4 nitrogen and oxygen atoms in total. The number of carbonyl (C=O) groups excluding carboxylic acids is 1. The number of halogens is 2. The molecule has 0 aliphatic heterocycles. The molecule has 2 aromatic heterocycles. The third-order valence-corrected chi connectivity index (χ3v) is 5.35. The van der Waals surface area contributed by atoms with E-state index in [9.17, 15) is 4.79 Å². The van der Waals surface area contributed by atoms with Crippen molar-refractivity contribution in [2.24, 2.45) is 0 Å². The molecular formula is C22H18Cl2N2O2. The van der Waals surface area contributed by atoms with E-state index in [0.717, 1.165) is 34.1 Å². The maximum atomic E-state index is 12.2. The first-order valence-corrected chi connectivity index (χ1v) is 9.79. The summed E-state index contributed by atoms with van der Waals surface area (Å²) in [6.07, 6.45) is 10.7. The quantitative estimate of drug-likeness (QED) is 0.516. The first-order valence-electron chi connectivity index (χ1n) is 9.04. The van der Waals surface area contributed by atoms with E-state index in [4.69, 9.17) is 27.9 Å². The largest absolute Gasteiger partial charge is 0.461 e. The number of pyridine rings is 1. The third-order valence-electron chi connectivity index (χ3n) is 4.74. The first kappa shape index (κ1) is 18.8. The molecule has 0 radical (unpaired) electrons. The number of esters is 1. The van der Waals surface area contributed by atoms with Gasteiger partial charge in [-0.2, -0.15) is 0 Å². The third kappa shape index (κ3) is 3.46. The van der Waals surface area contributed by atoms with Crippen LogP contribution < -0.4 is 0 Å². The van der Waals surface area contributed by atoms with Crippen LogP contribution in [0.2, 0.25) is 10.0 Å². The van der Waals surface area contributed by atoms with Gasteiger partial charge in [-0.15, -0.1) is 0 Å². The van der Waals surface area contributed by atoms with Gasteiger partial charge < -0.3 is 9.30 Å². The van der Waals surface area contributed by atoms with E-state index in [1.807, 2.05) is 18.2 Å². The van der Waals surface area contributed by atoms with Crippen molar-refractivity contribution in [2.45, 2.75) is 19.9 Å². The molecule has 6 heteroatoms. The number of fused-ring (bicyclic) bond motifs is 3. The van der Waals surface area contributed by atoms with Crippen LogP contribution in [0.4, 0.5) is 0 Å². The summed E-state index contributed by atoms with van der Waals surface area (Å²) in [6.45, 7) is 2.66. The molecule has 0 bridgehead atoms. The summed E-state index contributed by atoms with van der Waals surface area (Å²) >= 11 is 12.6. The number of benzene rings is 1. The predicted molar refractivity (Wildman–Crippen MR) is 113 cm³/mol. The second-order valence-electron chi connectivity index (χ2n) is 6.48. The average molecular weight is 413 g/mol. The van der Waals surface area contributed by atoms with Crippen LogP contribution in [0, 0.1) is 0 Å². The highest BCUT2D eigenvalue weighted by molar-refractivity contribution is 6.33. The van der Waals surface area contributed by atoms with Crippen molar-refractivity contribution in [3.8, 4) is 0 Å². The molecule has 142 valence electrons. The Morgan fingerprint density at radius 3 is 2.93 bits per heavy atom. The van der Waals surface area contributed by atoms with Gasteiger partial charge >= 0.3 is 5.97 Å². The minimum Gasteiger partial charge on any atom is -0.461 e. The monoisotopic (exact) mass is 412 g/mol. The van der Waals surface area contributed by atoms with Crippen molar-refractivity contribution in [3.05, 3.63) is 81.3 Å². The Morgan fingerprint density at radius 2 is 2.11 bits per heavy atom. The number of nitrogens with zero attached hydrogens (tertiary/aromatic N) is 2. The average Bonchev–Trinajstić information content (AvgIpc) is 2.84. The van der Waals surface area contributed by atoms with E-state index in [1.165, 1.54) is 0 Å². The van der Waals surface area contributed by atoms with Crippen LogP contribution in [-0.2, 0) is 17.7 Å². The Labute approximate surface area is 173 Å². The minimum atomic E-state index is -0.417. The van der Waals surface area contributed by atoms with Crippen molar-refractivity contribution in [1.82, 2.24) is 9.55 Å². The molecule has 1 aromatic carbocycles. The molecule has 1 aliphatic rings. The molecule has 2 heterocycles. The van der Waals surface area contributed by atoms with Crippen molar-refractivity contribution in [3.63, 3.8) is 0 Å². The van der Waals surface area contributed by atoms with Crippen molar-refractivity contribution in [2.75, 3.05) is 6.61 Å². The Morgan fingerprint density at radius 1 is 1.25 bits per heavy atom. The van der Waals surface area contributed by atoms with Gasteiger partial charge in [0, 0.05) is 39.7 Å². The van der Waals surface area contributed by atoms with E-state index in [2.05, 4.69) is 21.7 Å². The standard InChI is InChI=1S/C22H18Cl2N2O2/c1-2-28-22(27)19-11-17-16-6-4-3-5-7-20(16)26(21(17)12-25-19)13-14-10-15(23)8-9-18(14)24/h3-6,8-12H,2,7,13H2,1H3. The van der Waals surface area contributed by atoms with Gasteiger partial charge in [-0.3, -0.25) is 0 Å². The fourth-order valence-electron chi connectivity index (χ4n) is 3.47. The molecule has 0 atom stereocenters. The Kier molecular flexibility index (Phi) is 5.25. The smallest absolute Gasteiger partial charge is 0.356 e. The van der Waals surface area contributed by atoms with Crippen molar-refractivity contribution < 1.29 is 9.53 Å². The lowest BCUT2D eigenvalue weighted by Gasteiger charge is -2.12. The number of rotatable bonds is 4. The number of ether oxygens (including phenoxy) is 1. The lowest BCUT2D eigenvalue weighted by Crippen LogP contribution is -2.08. The van der Waals surface area contributed by atoms with Gasteiger partial charge in [0.05, 0.1) is 18.3 Å². The van der Waals surface area contributed by atoms with Gasteiger partial charge in [-0.05, 0) is 36.8 Å². The molecule has 0 N–H and O–H groups in total. The summed E-state index contributed by atoms with van der Waals surface area (Å²) < 4.78 is 7.29. The van der Waals surface area contributed by atoms with Gasteiger partial charge in [0.25, 0.3) is 0 Å². The van der Waals surface area contributed by atoms with E-state index in [-0.39, 0.29) is 0 Å². The molecule has 0 saturated carbocycles. The SMILES string of the molecule is CCOC(=O)c1cc2c3c(n(Cc4cc(Cl)ccc4Cl)c2cn1)CC=CC=C3. The van der Waals surface area contributed by atoms with Gasteiger partial charge in [-0.25, -0.2) is 9.78 Å². The molecule has 4 rings (SSSR count). The molecule has 0 amide bonds. The van der Waals surface area contributed by atoms with Gasteiger partial charge in [-0.1, -0.05) is 47.5 Å². The summed E-state index contributed by atoms with van der Waals surface area (Å²) in [5.41, 5.74) is 4.39. The Balaban J connectivity index is 1.89. The normalized spacial score (nSPS) is 12.8. The maximum absolute atomic E-state index is 12.2. The Hall–Kier alpha value is -2.56. The van der Waals surface area contributed by atoms with Crippen LogP contribution in [0.5, 0.6) is 0 Å². The van der Waals surface area contributed by atoms with Crippen molar-refractivity contribution in [1.29, 1.82) is 0 Å². The summed E-state index contributed by atoms with van der Waals surface area (Å²) in [7, 11) is 0. The van der Waals surface area contributed by atoms with E-state index in [1.54, 1.807) is 31.3 Å². The molecule has 3 aromatic rings. The molecule has 1 aliphatic carbocycles. The van der Waals surface area contributed by atoms with Gasteiger partial charge in [0.1, 0.15) is 5.69 Å². The van der Waals surface area contributed by atoms with Crippen LogP contribution in [-0.4, -0.2) is 22.1 Å². The van der Waals surface area contributed by atoms with Crippen LogP contribution in [0.15, 0.2) is 48.7 Å². The number of aromatic nitrogens is 2. The number of hydrogen-bond acceptors (Lipinski definition) is 3. The zero-order valence-electron chi connectivity index (χ0n) is 15.3. The summed E-state index contributed by atoms with van der Waals surface area (Å²) in [6, 6.07) is 7.27. The van der Waals surface area contributed by atoms with Gasteiger partial charge in [0.2, 0.25) is 0 Å². The highest BCUT2D eigenvalue weighted by atomic mass is 35.5. The van der Waals surface area contributed by atoms with E-state index in [0.29, 0.717) is 28.9 Å². The highest BCUT2D eigenvalue weighted by Crippen LogP contribution is 2.32. The fourth-order valence-corrected chi connectivity index (χ4v) is 3.85. The minimum absolute atomic E-state index is 0.306. The molecular weight excluding hydrogens is 395 g/mol. The summed E-state index contributed by atoms with van der Waals surface area (Å²) in [5, 5.41) is 2.27. The fraction of sp³-hybridized carbons (Fsp3) is 0.182. The van der Waals surface area contributed by atoms with Crippen LogP contribution in [0.3, 0.4) is 0 Å². The molecule has 28 heavy (non-hydrogen) atoms. The topological polar surface area (TPSA) is 44.1 Å². The van der Waals surface area contributed by atoms with Crippen LogP contribution >= 0.6 is 23.2 Å². The first-order chi connectivity index (χ1) is 13.6. The molecule has 0 saturated heterocycles. The maximum Gasteiger partial charge on any atom is 0.356 e. The van der Waals surface area contributed by atoms with E-state index < -0.39 is 5.97 Å². The number of carbonyl (C=O) groups is 1. The number of allylic oxidation sites excluding steroid dienone is 3. The second kappa shape index (κ2) is 7.82. The lowest BCUT2D eigenvalue weighted by molar-refractivity contribution is 0.0519. The van der Waals surface area contributed by atoms with Crippen LogP contribution in [0.25, 0.3) is 17.0 Å². The second-order valence-corrected chi connectivity index (χ2v) is 7.32. The van der Waals surface area contributed by atoms with E-state index >= 15 is 0 Å². The number of hydrogen-bond donors (Lipinski definition) is 0. The summed E-state index contributed by atoms with van der Waals surface area (Å²) in [5.74, 6) is -0.417. The predicted octanol–water partition coefficient (Wildman–Crippen LogP) is 5.69. The summed E-state index contributed by atoms with van der Waals surface area (Å²) in [4.78, 5) is 16.5. The zero-order valence-corrected chi connectivity index (χ0v) is 16.8. The van der Waals surface area contributed by atoms with Gasteiger partial charge in [0.15, 0.2) is 0 Å². The molecule has 0 spiro atoms. The van der Waals surface area contributed by atoms with Crippen LogP contribution in [0.1, 0.15) is 34.2 Å². The van der Waals surface area contributed by atoms with Crippen molar-refractivity contribution >= 4 is 46.2 Å². The molecule has 0 fully saturated rings. The Bertz CT molecular complexity index is 1130. The highest BCUT2D eigenvalue weighted by Gasteiger charge is 2.19. The molecule has 0 unspecified atom stereocenters. The lowest BCUT2D eigenvalue weighted by atomic mass is 10.1. The zero-order chi connectivity index (χ0) is 19.7.